The fourth-order valence-electron chi connectivity index (χ4n) is 6.04. The summed E-state index contributed by atoms with van der Waals surface area (Å²) in [7, 11) is 0. The van der Waals surface area contributed by atoms with Crippen LogP contribution < -0.4 is 11.5 Å². The number of imidazole rings is 2. The molecule has 5 N–H and O–H groups in total. The lowest BCUT2D eigenvalue weighted by molar-refractivity contribution is 0.0696. The summed E-state index contributed by atoms with van der Waals surface area (Å²) in [4.78, 5) is 56.7. The Hall–Kier alpha value is -7.56. The lowest BCUT2D eigenvalue weighted by Gasteiger charge is -2.10. The van der Waals surface area contributed by atoms with E-state index in [4.69, 9.17) is 16.6 Å². The zero-order valence-corrected chi connectivity index (χ0v) is 30.1. The molecular weight excluding hydrogens is 723 g/mol. The van der Waals surface area contributed by atoms with E-state index in [0.29, 0.717) is 75.4 Å². The molecule has 0 radical (unpaired) electrons. The molecule has 15 nitrogen and oxygen atoms in total. The number of nitrogens with two attached hydrogens (primary N) is 2. The first-order valence-corrected chi connectivity index (χ1v) is 17.0. The van der Waals surface area contributed by atoms with Crippen LogP contribution in [0.3, 0.4) is 0 Å². The molecule has 0 spiro atoms. The summed E-state index contributed by atoms with van der Waals surface area (Å²) < 4.78 is 31.1. The second-order valence-electron chi connectivity index (χ2n) is 12.7. The van der Waals surface area contributed by atoms with Crippen molar-refractivity contribution in [3.8, 4) is 22.8 Å². The molecule has 0 aliphatic carbocycles. The van der Waals surface area contributed by atoms with Gasteiger partial charge in [0.1, 0.15) is 34.9 Å². The third-order valence-corrected chi connectivity index (χ3v) is 8.64. The van der Waals surface area contributed by atoms with Crippen molar-refractivity contribution >= 4 is 45.7 Å². The number of carboxylic acids is 1. The van der Waals surface area contributed by atoms with Gasteiger partial charge < -0.3 is 25.7 Å². The number of rotatable bonds is 8. The predicted octanol–water partition coefficient (Wildman–Crippen LogP) is 5.83. The molecule has 0 atom stereocenters. The van der Waals surface area contributed by atoms with Crippen LogP contribution in [0.4, 0.5) is 20.4 Å². The van der Waals surface area contributed by atoms with Gasteiger partial charge in [0.25, 0.3) is 0 Å². The fraction of sp³-hybridized carbons (Fsp3) is 0.128. The van der Waals surface area contributed by atoms with Crippen LogP contribution in [0.5, 0.6) is 0 Å². The number of ketones is 1. The van der Waals surface area contributed by atoms with Crippen LogP contribution >= 0.6 is 0 Å². The molecule has 280 valence electrons. The smallest absolute Gasteiger partial charge is 0.335 e. The van der Waals surface area contributed by atoms with E-state index in [-0.39, 0.29) is 23.0 Å². The Balaban J connectivity index is 0.000000172. The van der Waals surface area contributed by atoms with Crippen LogP contribution in [-0.2, 0) is 13.1 Å². The van der Waals surface area contributed by atoms with Gasteiger partial charge in [-0.2, -0.15) is 0 Å². The number of carbonyl (C=O) groups excluding carboxylic acids is 1. The number of Topliss-reactive ketones (excluding diaryl/α,β-unsaturated/α-hetero) is 1. The zero-order chi connectivity index (χ0) is 39.7. The largest absolute Gasteiger partial charge is 0.478 e. The number of halogens is 2. The molecule has 8 aromatic rings. The van der Waals surface area contributed by atoms with Gasteiger partial charge in [-0.25, -0.2) is 43.5 Å². The molecule has 0 aliphatic heterocycles. The van der Waals surface area contributed by atoms with E-state index in [1.807, 2.05) is 16.7 Å². The molecule has 0 saturated heterocycles. The Morgan fingerprint density at radius 1 is 0.625 bits per heavy atom. The van der Waals surface area contributed by atoms with Crippen molar-refractivity contribution in [3.05, 3.63) is 131 Å². The molecule has 56 heavy (non-hydrogen) atoms. The van der Waals surface area contributed by atoms with Crippen LogP contribution in [0.15, 0.2) is 85.5 Å². The van der Waals surface area contributed by atoms with Crippen molar-refractivity contribution in [1.82, 2.24) is 49.0 Å². The molecule has 17 heteroatoms. The Bertz CT molecular complexity index is 2590. The highest BCUT2D eigenvalue weighted by molar-refractivity contribution is 5.94. The maximum Gasteiger partial charge on any atom is 0.335 e. The first kappa shape index (κ1) is 36.8. The third kappa shape index (κ3) is 7.58. The van der Waals surface area contributed by atoms with Crippen molar-refractivity contribution in [3.63, 3.8) is 0 Å². The van der Waals surface area contributed by atoms with Crippen molar-refractivity contribution in [2.75, 3.05) is 11.5 Å². The van der Waals surface area contributed by atoms with E-state index in [1.165, 1.54) is 43.6 Å². The van der Waals surface area contributed by atoms with Gasteiger partial charge >= 0.3 is 5.97 Å². The molecule has 0 amide bonds. The van der Waals surface area contributed by atoms with Gasteiger partial charge in [-0.05, 0) is 56.2 Å². The van der Waals surface area contributed by atoms with E-state index >= 15 is 0 Å². The number of nitrogens with zero attached hydrogens (tertiary/aromatic N) is 10. The molecule has 2 aromatic carbocycles. The third-order valence-electron chi connectivity index (χ3n) is 8.64. The first-order chi connectivity index (χ1) is 26.8. The standard InChI is InChI=1S/C20H17FN6O.C19H15FN6O2/c1-11(28)14-5-3-13(4-6-14)10-27-19(15-7-16(21)9-23-8-15)26-17-18(22)24-12(2)25-20(17)27;1-10-23-16(21)15-18(24-10)26(9-11-2-4-12(5-3-11)19(27)28)17(25-15)13-6-14(20)8-22-7-13/h3-9H,10H2,1-2H3,(H2,22,24,25);2-8H,9H2,1H3,(H,27,28)(H2,21,23,24). The van der Waals surface area contributed by atoms with Crippen molar-refractivity contribution in [2.45, 2.75) is 33.9 Å². The van der Waals surface area contributed by atoms with Crippen molar-refractivity contribution < 1.29 is 23.5 Å². The minimum Gasteiger partial charge on any atom is -0.478 e. The zero-order valence-electron chi connectivity index (χ0n) is 30.1. The first-order valence-electron chi connectivity index (χ1n) is 17.0. The quantitative estimate of drug-likeness (QED) is 0.156. The number of pyridine rings is 2. The number of aromatic carboxylic acids is 1. The number of carbonyl (C=O) groups is 2. The molecule has 0 saturated carbocycles. The summed E-state index contributed by atoms with van der Waals surface area (Å²) in [5, 5.41) is 9.07. The van der Waals surface area contributed by atoms with E-state index in [0.717, 1.165) is 23.5 Å². The van der Waals surface area contributed by atoms with Gasteiger partial charge in [-0.15, -0.1) is 0 Å². The second-order valence-corrected chi connectivity index (χ2v) is 12.7. The summed E-state index contributed by atoms with van der Waals surface area (Å²) in [5.41, 5.74) is 17.5. The topological polar surface area (TPSA) is 219 Å². The van der Waals surface area contributed by atoms with Crippen molar-refractivity contribution in [2.24, 2.45) is 0 Å². The normalized spacial score (nSPS) is 11.1. The number of anilines is 2. The number of nitrogen functional groups attached to an aromatic ring is 2. The maximum absolute atomic E-state index is 13.7. The number of hydrogen-bond acceptors (Lipinski definition) is 12. The number of hydrogen-bond donors (Lipinski definition) is 3. The van der Waals surface area contributed by atoms with Crippen LogP contribution in [0.25, 0.3) is 45.1 Å². The molecule has 0 unspecified atom stereocenters. The average Bonchev–Trinajstić information content (AvgIpc) is 3.71. The summed E-state index contributed by atoms with van der Waals surface area (Å²) in [5.74, 6) is 0.476. The van der Waals surface area contributed by atoms with E-state index < -0.39 is 17.6 Å². The molecule has 8 rings (SSSR count). The van der Waals surface area contributed by atoms with Crippen LogP contribution in [0, 0.1) is 25.5 Å². The van der Waals surface area contributed by atoms with E-state index in [1.54, 1.807) is 42.7 Å². The predicted molar refractivity (Wildman–Crippen MR) is 203 cm³/mol. The van der Waals surface area contributed by atoms with E-state index in [9.17, 15) is 18.4 Å². The lowest BCUT2D eigenvalue weighted by atomic mass is 10.1. The molecule has 0 aliphatic rings. The Labute approximate surface area is 316 Å². The lowest BCUT2D eigenvalue weighted by Crippen LogP contribution is -2.06. The number of aryl methyl sites for hydroxylation is 2. The van der Waals surface area contributed by atoms with Gasteiger partial charge in [0.2, 0.25) is 0 Å². The minimum atomic E-state index is -0.998. The summed E-state index contributed by atoms with van der Waals surface area (Å²) in [6.07, 6.45) is 5.29. The van der Waals surface area contributed by atoms with E-state index in [2.05, 4.69) is 39.9 Å². The highest BCUT2D eigenvalue weighted by atomic mass is 19.1. The van der Waals surface area contributed by atoms with Gasteiger partial charge in [0.15, 0.2) is 39.7 Å². The number of benzene rings is 2. The summed E-state index contributed by atoms with van der Waals surface area (Å²) in [6, 6.07) is 16.4. The van der Waals surface area contributed by atoms with Crippen LogP contribution in [0.1, 0.15) is 50.4 Å². The van der Waals surface area contributed by atoms with Gasteiger partial charge in [0, 0.05) is 29.1 Å². The molecule has 6 heterocycles. The highest BCUT2D eigenvalue weighted by Crippen LogP contribution is 2.29. The summed E-state index contributed by atoms with van der Waals surface area (Å²) >= 11 is 0. The SMILES string of the molecule is CC(=O)c1ccc(Cn2c(-c3cncc(F)c3)nc3c(N)nc(C)nc32)cc1.Cc1nc(N)c2nc(-c3cncc(F)c3)n(Cc3ccc(C(=O)O)cc3)c2n1. The van der Waals surface area contributed by atoms with Gasteiger partial charge in [0.05, 0.1) is 31.0 Å². The molecule has 0 bridgehead atoms. The van der Waals surface area contributed by atoms with Crippen molar-refractivity contribution in [1.29, 1.82) is 0 Å². The Morgan fingerprint density at radius 2 is 1.04 bits per heavy atom. The monoisotopic (exact) mass is 754 g/mol. The molecule has 6 aromatic heterocycles. The minimum absolute atomic E-state index is 0.00212. The van der Waals surface area contributed by atoms with Crippen LogP contribution in [-0.4, -0.2) is 65.9 Å². The van der Waals surface area contributed by atoms with Gasteiger partial charge in [-0.3, -0.25) is 14.8 Å². The Morgan fingerprint density at radius 3 is 1.41 bits per heavy atom. The Kier molecular flexibility index (Phi) is 9.89. The highest BCUT2D eigenvalue weighted by Gasteiger charge is 2.20. The number of carboxylic acid groups (broad SMARTS) is 1. The summed E-state index contributed by atoms with van der Waals surface area (Å²) in [6.45, 7) is 5.74. The average molecular weight is 755 g/mol. The second kappa shape index (κ2) is 15.1. The molecular formula is C39H32F2N12O3. The molecule has 0 fully saturated rings. The number of aromatic nitrogens is 10. The fourth-order valence-corrected chi connectivity index (χ4v) is 6.04. The van der Waals surface area contributed by atoms with Crippen LogP contribution in [0.2, 0.25) is 0 Å². The maximum atomic E-state index is 13.7. The van der Waals surface area contributed by atoms with Gasteiger partial charge in [-0.1, -0.05) is 36.4 Å². The number of fused-ring (bicyclic) bond motifs is 2.